The number of aliphatic hydroxyl groups excluding tert-OH is 1. The van der Waals surface area contributed by atoms with Gasteiger partial charge in [-0.05, 0) is 89.6 Å². The minimum absolute atomic E-state index is 0.0304. The van der Waals surface area contributed by atoms with E-state index in [1.165, 1.54) is 74.6 Å². The first-order valence-electron chi connectivity index (χ1n) is 17.2. The summed E-state index contributed by atoms with van der Waals surface area (Å²) >= 11 is 3.77. The standard InChI is InChI=1S/C36H52BrN3O6S/c1-5-6-7-8-9-10-11-12-13-18-40-23-26-20-31(45-4)34(37)35-33(26)36(22-28(40)24-41)25(2)19-27(21-32(36)46-35)38-39-47(42,43)30-16-14-29(44-3)15-17-30/h14-17,20-21,25,28,32,38-39,41H,5-13,18-19,22-24H2,1-4H3/t25-,28+,32-,36+/m1/s1. The summed E-state index contributed by atoms with van der Waals surface area (Å²) in [5, 5.41) is 10.8. The minimum atomic E-state index is -3.82. The van der Waals surface area contributed by atoms with Crippen molar-refractivity contribution < 1.29 is 27.7 Å². The van der Waals surface area contributed by atoms with Gasteiger partial charge in [-0.25, -0.2) is 8.42 Å². The maximum atomic E-state index is 13.1. The number of ether oxygens (including phenoxy) is 3. The normalized spacial score (nSPS) is 23.7. The third kappa shape index (κ3) is 7.64. The van der Waals surface area contributed by atoms with E-state index in [4.69, 9.17) is 14.2 Å². The third-order valence-electron chi connectivity index (χ3n) is 10.4. The molecule has 0 bridgehead atoms. The van der Waals surface area contributed by atoms with Crippen LogP contribution in [0.1, 0.15) is 95.6 Å². The van der Waals surface area contributed by atoms with E-state index >= 15 is 0 Å². The average Bonchev–Trinajstić information content (AvgIpc) is 3.34. The number of nitrogens with one attached hydrogen (secondary N) is 2. The first-order valence-corrected chi connectivity index (χ1v) is 19.5. The number of benzene rings is 2. The Morgan fingerprint density at radius 3 is 2.36 bits per heavy atom. The van der Waals surface area contributed by atoms with Crippen LogP contribution in [0.5, 0.6) is 17.2 Å². The van der Waals surface area contributed by atoms with Crippen LogP contribution < -0.4 is 24.5 Å². The second-order valence-corrected chi connectivity index (χ2v) is 15.9. The van der Waals surface area contributed by atoms with Gasteiger partial charge in [0, 0.05) is 29.3 Å². The van der Waals surface area contributed by atoms with Crippen LogP contribution >= 0.6 is 15.9 Å². The molecule has 1 spiro atoms. The summed E-state index contributed by atoms with van der Waals surface area (Å²) in [5.41, 5.74) is 5.71. The number of sulfonamides is 1. The Balaban J connectivity index is 1.35. The van der Waals surface area contributed by atoms with Crippen molar-refractivity contribution in [1.29, 1.82) is 0 Å². The molecule has 2 aromatic carbocycles. The predicted octanol–water partition coefficient (Wildman–Crippen LogP) is 6.97. The Morgan fingerprint density at radius 2 is 1.72 bits per heavy atom. The van der Waals surface area contributed by atoms with E-state index in [1.54, 1.807) is 26.4 Å². The van der Waals surface area contributed by atoms with E-state index in [0.29, 0.717) is 12.2 Å². The van der Waals surface area contributed by atoms with E-state index in [1.807, 2.05) is 6.08 Å². The van der Waals surface area contributed by atoms with Gasteiger partial charge in [0.15, 0.2) is 0 Å². The highest BCUT2D eigenvalue weighted by Gasteiger charge is 2.58. The molecule has 0 saturated heterocycles. The molecule has 2 aliphatic heterocycles. The first kappa shape index (κ1) is 36.0. The second kappa shape index (κ2) is 15.9. The number of nitrogens with zero attached hydrogens (tertiary/aromatic N) is 1. The maximum Gasteiger partial charge on any atom is 0.257 e. The van der Waals surface area contributed by atoms with Gasteiger partial charge in [-0.2, -0.15) is 0 Å². The van der Waals surface area contributed by atoms with Crippen LogP contribution in [-0.4, -0.2) is 57.9 Å². The third-order valence-corrected chi connectivity index (χ3v) is 12.4. The lowest BCUT2D eigenvalue weighted by Gasteiger charge is -2.44. The first-order chi connectivity index (χ1) is 22.7. The number of halogens is 1. The van der Waals surface area contributed by atoms with Crippen molar-refractivity contribution in [1.82, 2.24) is 15.2 Å². The smallest absolute Gasteiger partial charge is 0.257 e. The Bertz CT molecular complexity index is 1500. The molecule has 3 N–H and O–H groups in total. The molecule has 47 heavy (non-hydrogen) atoms. The summed E-state index contributed by atoms with van der Waals surface area (Å²) in [6.07, 6.45) is 14.5. The largest absolute Gasteiger partial charge is 0.497 e. The molecule has 0 aromatic heterocycles. The highest BCUT2D eigenvalue weighted by atomic mass is 79.9. The monoisotopic (exact) mass is 733 g/mol. The van der Waals surface area contributed by atoms with Crippen LogP contribution in [0, 0.1) is 5.92 Å². The molecule has 260 valence electrons. The van der Waals surface area contributed by atoms with Gasteiger partial charge in [0.25, 0.3) is 10.0 Å². The van der Waals surface area contributed by atoms with Crippen LogP contribution in [-0.2, 0) is 22.0 Å². The highest BCUT2D eigenvalue weighted by molar-refractivity contribution is 9.10. The van der Waals surface area contributed by atoms with Crippen molar-refractivity contribution in [3.63, 3.8) is 0 Å². The van der Waals surface area contributed by atoms with Gasteiger partial charge in [-0.3, -0.25) is 4.90 Å². The molecule has 0 radical (unpaired) electrons. The Labute approximate surface area is 289 Å². The summed E-state index contributed by atoms with van der Waals surface area (Å²) in [5.74, 6) is 2.18. The highest BCUT2D eigenvalue weighted by Crippen LogP contribution is 2.60. The Hall–Kier alpha value is -2.31. The molecule has 4 atom stereocenters. The topological polar surface area (TPSA) is 109 Å². The average molecular weight is 735 g/mol. The maximum absolute atomic E-state index is 13.1. The van der Waals surface area contributed by atoms with Crippen LogP contribution in [0.2, 0.25) is 0 Å². The summed E-state index contributed by atoms with van der Waals surface area (Å²) < 4.78 is 44.7. The van der Waals surface area contributed by atoms with Crippen molar-refractivity contribution in [2.45, 2.75) is 113 Å². The van der Waals surface area contributed by atoms with Crippen LogP contribution in [0.15, 0.2) is 51.5 Å². The molecule has 0 fully saturated rings. The van der Waals surface area contributed by atoms with Gasteiger partial charge >= 0.3 is 0 Å². The number of methoxy groups -OCH3 is 2. The van der Waals surface area contributed by atoms with Crippen LogP contribution in [0.25, 0.3) is 0 Å². The molecule has 9 nitrogen and oxygen atoms in total. The number of aliphatic hydroxyl groups is 1. The molecule has 2 aromatic rings. The zero-order valence-corrected chi connectivity index (χ0v) is 30.7. The minimum Gasteiger partial charge on any atom is -0.497 e. The van der Waals surface area contributed by atoms with E-state index < -0.39 is 10.0 Å². The zero-order chi connectivity index (χ0) is 33.6. The molecule has 1 aliphatic carbocycles. The molecular weight excluding hydrogens is 682 g/mol. The molecular formula is C36H52BrN3O6S. The fourth-order valence-corrected chi connectivity index (χ4v) is 9.24. The zero-order valence-electron chi connectivity index (χ0n) is 28.3. The van der Waals surface area contributed by atoms with Gasteiger partial charge in [0.05, 0.1) is 25.7 Å². The van der Waals surface area contributed by atoms with Crippen molar-refractivity contribution in [2.75, 3.05) is 27.4 Å². The van der Waals surface area contributed by atoms with Crippen molar-refractivity contribution in [3.8, 4) is 17.2 Å². The van der Waals surface area contributed by atoms with E-state index in [9.17, 15) is 13.5 Å². The fourth-order valence-electron chi connectivity index (χ4n) is 7.79. The van der Waals surface area contributed by atoms with E-state index in [0.717, 1.165) is 47.6 Å². The second-order valence-electron chi connectivity index (χ2n) is 13.4. The summed E-state index contributed by atoms with van der Waals surface area (Å²) in [6, 6.07) is 8.37. The van der Waals surface area contributed by atoms with Gasteiger partial charge in [-0.15, -0.1) is 4.83 Å². The molecule has 0 amide bonds. The predicted molar refractivity (Wildman–Crippen MR) is 188 cm³/mol. The molecule has 0 unspecified atom stereocenters. The Morgan fingerprint density at radius 1 is 1.04 bits per heavy atom. The lowest BCUT2D eigenvalue weighted by atomic mass is 9.60. The number of hydrazine groups is 1. The number of unbranched alkanes of at least 4 members (excludes halogenated alkanes) is 8. The molecule has 3 aliphatic rings. The fraction of sp³-hybridized carbons (Fsp3) is 0.611. The van der Waals surface area contributed by atoms with E-state index in [-0.39, 0.29) is 35.0 Å². The lowest BCUT2D eigenvalue weighted by molar-refractivity contribution is 0.0541. The van der Waals surface area contributed by atoms with Gasteiger partial charge in [0.1, 0.15) is 27.8 Å². The Kier molecular flexibility index (Phi) is 12.2. The number of rotatable bonds is 17. The van der Waals surface area contributed by atoms with Gasteiger partial charge < -0.3 is 24.7 Å². The summed E-state index contributed by atoms with van der Waals surface area (Å²) in [6.45, 7) is 6.18. The van der Waals surface area contributed by atoms with Crippen LogP contribution in [0.4, 0.5) is 0 Å². The molecule has 2 heterocycles. The quantitative estimate of drug-likeness (QED) is 0.118. The SMILES string of the molecule is CCCCCCCCCCCN1Cc2cc(OC)c(Br)c3c2[C@@]2(C[C@H]1CO)[C@H](C)CC(NNS(=O)(=O)c1ccc(OC)cc1)=C[C@H]2O3. The number of allylic oxidation sites excluding steroid dienone is 1. The van der Waals surface area contributed by atoms with Gasteiger partial charge in [-0.1, -0.05) is 65.2 Å². The lowest BCUT2D eigenvalue weighted by Crippen LogP contribution is -2.51. The summed E-state index contributed by atoms with van der Waals surface area (Å²) in [4.78, 5) is 5.16. The molecule has 11 heteroatoms. The van der Waals surface area contributed by atoms with Crippen molar-refractivity contribution in [2.24, 2.45) is 5.92 Å². The molecule has 5 rings (SSSR count). The number of hydrogen-bond acceptors (Lipinski definition) is 8. The van der Waals surface area contributed by atoms with Crippen molar-refractivity contribution in [3.05, 3.63) is 57.7 Å². The van der Waals surface area contributed by atoms with Gasteiger partial charge in [0.2, 0.25) is 0 Å². The number of hydrogen-bond donors (Lipinski definition) is 3. The van der Waals surface area contributed by atoms with Crippen molar-refractivity contribution >= 4 is 26.0 Å². The molecule has 0 saturated carbocycles. The van der Waals surface area contributed by atoms with E-state index in [2.05, 4.69) is 51.0 Å². The van der Waals surface area contributed by atoms with Crippen LogP contribution in [0.3, 0.4) is 0 Å². The summed E-state index contributed by atoms with van der Waals surface area (Å²) in [7, 11) is -0.606.